The standard InChI is InChI=1S/C15H11N5OS2/c1-21-12-5-3-2-4-11(12)18-14-19-20-15(23-14)22-13-7-6-10(8-16)9-17-13/h2-7,9H,1H3,(H,18,19). The first kappa shape index (κ1) is 15.3. The molecule has 2 heterocycles. The summed E-state index contributed by atoms with van der Waals surface area (Å²) in [5, 5.41) is 21.6. The van der Waals surface area contributed by atoms with Gasteiger partial charge in [0.15, 0.2) is 4.34 Å². The fraction of sp³-hybridized carbons (Fsp3) is 0.0667. The van der Waals surface area contributed by atoms with Crippen LogP contribution in [0.3, 0.4) is 0 Å². The highest BCUT2D eigenvalue weighted by molar-refractivity contribution is 8.01. The van der Waals surface area contributed by atoms with Crippen molar-refractivity contribution in [2.45, 2.75) is 9.37 Å². The average Bonchev–Trinajstić information content (AvgIpc) is 3.03. The number of methoxy groups -OCH3 is 1. The van der Waals surface area contributed by atoms with E-state index in [2.05, 4.69) is 20.5 Å². The van der Waals surface area contributed by atoms with Crippen molar-refractivity contribution in [3.63, 3.8) is 0 Å². The Bertz CT molecular complexity index is 842. The van der Waals surface area contributed by atoms with Gasteiger partial charge in [-0.05, 0) is 36.0 Å². The number of para-hydroxylation sites is 2. The molecule has 0 spiro atoms. The Kier molecular flexibility index (Phi) is 4.71. The Morgan fingerprint density at radius 3 is 2.83 bits per heavy atom. The van der Waals surface area contributed by atoms with Crippen LogP contribution in [-0.2, 0) is 0 Å². The monoisotopic (exact) mass is 341 g/mol. The third kappa shape index (κ3) is 3.77. The molecule has 0 aliphatic rings. The first-order chi connectivity index (χ1) is 11.3. The molecule has 0 fully saturated rings. The smallest absolute Gasteiger partial charge is 0.211 e. The SMILES string of the molecule is COc1ccccc1Nc1nnc(Sc2ccc(C#N)cn2)s1. The highest BCUT2D eigenvalue weighted by Gasteiger charge is 2.09. The number of hydrogen-bond donors (Lipinski definition) is 1. The molecule has 1 N–H and O–H groups in total. The lowest BCUT2D eigenvalue weighted by atomic mass is 10.3. The van der Waals surface area contributed by atoms with Crippen LogP contribution >= 0.6 is 23.1 Å². The number of ether oxygens (including phenoxy) is 1. The van der Waals surface area contributed by atoms with Crippen molar-refractivity contribution in [1.82, 2.24) is 15.2 Å². The molecule has 0 amide bonds. The van der Waals surface area contributed by atoms with Gasteiger partial charge >= 0.3 is 0 Å². The van der Waals surface area contributed by atoms with E-state index in [9.17, 15) is 0 Å². The molecule has 1 aromatic carbocycles. The van der Waals surface area contributed by atoms with Crippen LogP contribution in [-0.4, -0.2) is 22.3 Å². The quantitative estimate of drug-likeness (QED) is 0.757. The van der Waals surface area contributed by atoms with Crippen molar-refractivity contribution in [3.05, 3.63) is 48.2 Å². The molecule has 6 nitrogen and oxygen atoms in total. The van der Waals surface area contributed by atoms with Gasteiger partial charge < -0.3 is 10.1 Å². The zero-order valence-corrected chi connectivity index (χ0v) is 13.7. The molecular weight excluding hydrogens is 330 g/mol. The number of nitrogens with zero attached hydrogens (tertiary/aromatic N) is 4. The van der Waals surface area contributed by atoms with E-state index in [1.165, 1.54) is 29.3 Å². The molecule has 0 aliphatic heterocycles. The van der Waals surface area contributed by atoms with Crippen LogP contribution in [0.1, 0.15) is 5.56 Å². The number of nitriles is 1. The van der Waals surface area contributed by atoms with Crippen LogP contribution in [0.15, 0.2) is 52.0 Å². The zero-order chi connectivity index (χ0) is 16.1. The van der Waals surface area contributed by atoms with Crippen molar-refractivity contribution in [3.8, 4) is 11.8 Å². The Morgan fingerprint density at radius 2 is 2.09 bits per heavy atom. The number of pyridine rings is 1. The van der Waals surface area contributed by atoms with Crippen LogP contribution in [0.4, 0.5) is 10.8 Å². The predicted octanol–water partition coefficient (Wildman–Crippen LogP) is 3.71. The van der Waals surface area contributed by atoms with Crippen molar-refractivity contribution in [2.24, 2.45) is 0 Å². The van der Waals surface area contributed by atoms with Crippen LogP contribution in [0.25, 0.3) is 0 Å². The maximum atomic E-state index is 8.77. The average molecular weight is 341 g/mol. The summed E-state index contributed by atoms with van der Waals surface area (Å²) in [5.74, 6) is 0.741. The summed E-state index contributed by atoms with van der Waals surface area (Å²) in [6.07, 6.45) is 1.54. The molecule has 0 unspecified atom stereocenters. The molecule has 23 heavy (non-hydrogen) atoms. The largest absolute Gasteiger partial charge is 0.495 e. The third-order valence-electron chi connectivity index (χ3n) is 2.81. The Balaban J connectivity index is 1.71. The Labute approximate surface area is 141 Å². The maximum absolute atomic E-state index is 8.77. The number of anilines is 2. The van der Waals surface area contributed by atoms with E-state index in [-0.39, 0.29) is 0 Å². The summed E-state index contributed by atoms with van der Waals surface area (Å²) in [7, 11) is 1.62. The minimum absolute atomic E-state index is 0.533. The van der Waals surface area contributed by atoms with Gasteiger partial charge in [0.2, 0.25) is 5.13 Å². The second kappa shape index (κ2) is 7.09. The fourth-order valence-electron chi connectivity index (χ4n) is 1.76. The van der Waals surface area contributed by atoms with E-state index < -0.39 is 0 Å². The number of nitrogens with one attached hydrogen (secondary N) is 1. The highest BCUT2D eigenvalue weighted by Crippen LogP contribution is 2.33. The fourth-order valence-corrected chi connectivity index (χ4v) is 3.41. The van der Waals surface area contributed by atoms with E-state index in [1.54, 1.807) is 19.2 Å². The predicted molar refractivity (Wildman–Crippen MR) is 89.3 cm³/mol. The van der Waals surface area contributed by atoms with Gasteiger partial charge in [0.25, 0.3) is 0 Å². The molecule has 0 saturated heterocycles. The molecule has 0 radical (unpaired) electrons. The second-order valence-electron chi connectivity index (χ2n) is 4.30. The van der Waals surface area contributed by atoms with Crippen LogP contribution in [0, 0.1) is 11.3 Å². The number of hydrogen-bond acceptors (Lipinski definition) is 8. The van der Waals surface area contributed by atoms with E-state index in [0.29, 0.717) is 10.7 Å². The van der Waals surface area contributed by atoms with E-state index in [1.807, 2.05) is 30.3 Å². The van der Waals surface area contributed by atoms with E-state index in [0.717, 1.165) is 20.8 Å². The van der Waals surface area contributed by atoms with Gasteiger partial charge in [0, 0.05) is 6.20 Å². The van der Waals surface area contributed by atoms with Gasteiger partial charge in [-0.1, -0.05) is 23.5 Å². The summed E-state index contributed by atoms with van der Waals surface area (Å²) in [4.78, 5) is 4.20. The lowest BCUT2D eigenvalue weighted by Crippen LogP contribution is -1.93. The molecule has 0 saturated carbocycles. The van der Waals surface area contributed by atoms with Gasteiger partial charge in [0.05, 0.1) is 18.4 Å². The second-order valence-corrected chi connectivity index (χ2v) is 6.54. The van der Waals surface area contributed by atoms with Crippen LogP contribution in [0.5, 0.6) is 5.75 Å². The first-order valence-electron chi connectivity index (χ1n) is 6.56. The Hall–Kier alpha value is -2.63. The Morgan fingerprint density at radius 1 is 1.22 bits per heavy atom. The van der Waals surface area contributed by atoms with Crippen molar-refractivity contribution in [2.75, 3.05) is 12.4 Å². The van der Waals surface area contributed by atoms with Gasteiger partial charge in [0.1, 0.15) is 16.8 Å². The van der Waals surface area contributed by atoms with Crippen molar-refractivity contribution >= 4 is 33.9 Å². The number of rotatable bonds is 5. The van der Waals surface area contributed by atoms with Gasteiger partial charge in [-0.25, -0.2) is 4.98 Å². The normalized spacial score (nSPS) is 10.1. The molecule has 0 atom stereocenters. The van der Waals surface area contributed by atoms with E-state index >= 15 is 0 Å². The molecule has 114 valence electrons. The molecule has 3 rings (SSSR count). The summed E-state index contributed by atoms with van der Waals surface area (Å²) >= 11 is 2.82. The highest BCUT2D eigenvalue weighted by atomic mass is 32.2. The minimum Gasteiger partial charge on any atom is -0.495 e. The van der Waals surface area contributed by atoms with Crippen molar-refractivity contribution in [1.29, 1.82) is 5.26 Å². The first-order valence-corrected chi connectivity index (χ1v) is 8.19. The van der Waals surface area contributed by atoms with Crippen molar-refractivity contribution < 1.29 is 4.74 Å². The lowest BCUT2D eigenvalue weighted by Gasteiger charge is -2.07. The molecule has 2 aromatic heterocycles. The lowest BCUT2D eigenvalue weighted by molar-refractivity contribution is 0.417. The topological polar surface area (TPSA) is 83.7 Å². The molecule has 0 bridgehead atoms. The summed E-state index contributed by atoms with van der Waals surface area (Å²) in [6.45, 7) is 0. The van der Waals surface area contributed by atoms with Gasteiger partial charge in [-0.15, -0.1) is 10.2 Å². The van der Waals surface area contributed by atoms with Crippen LogP contribution < -0.4 is 10.1 Å². The zero-order valence-electron chi connectivity index (χ0n) is 12.1. The summed E-state index contributed by atoms with van der Waals surface area (Å²) in [6, 6.07) is 13.2. The molecule has 3 aromatic rings. The molecule has 8 heteroatoms. The summed E-state index contributed by atoms with van der Waals surface area (Å²) < 4.78 is 6.06. The van der Waals surface area contributed by atoms with Crippen LogP contribution in [0.2, 0.25) is 0 Å². The number of benzene rings is 1. The minimum atomic E-state index is 0.533. The molecule has 0 aliphatic carbocycles. The third-order valence-corrected chi connectivity index (χ3v) is 4.65. The summed E-state index contributed by atoms with van der Waals surface area (Å²) in [5.41, 5.74) is 1.37. The number of aromatic nitrogens is 3. The van der Waals surface area contributed by atoms with E-state index in [4.69, 9.17) is 10.00 Å². The van der Waals surface area contributed by atoms with Gasteiger partial charge in [-0.3, -0.25) is 0 Å². The molecular formula is C15H11N5OS2. The maximum Gasteiger partial charge on any atom is 0.211 e. The van der Waals surface area contributed by atoms with Gasteiger partial charge in [-0.2, -0.15) is 5.26 Å².